The Morgan fingerprint density at radius 3 is 1.62 bits per heavy atom. The number of esters is 1. The number of phenolic OH excluding ortho intramolecular Hbond substituents is 1. The summed E-state index contributed by atoms with van der Waals surface area (Å²) in [6.45, 7) is 28.7. The predicted molar refractivity (Wildman–Crippen MR) is 205 cm³/mol. The lowest BCUT2D eigenvalue weighted by Crippen LogP contribution is -2.37. The van der Waals surface area contributed by atoms with Crippen LogP contribution in [0.4, 0.5) is 0 Å². The van der Waals surface area contributed by atoms with Crippen molar-refractivity contribution in [2.75, 3.05) is 13.2 Å². The van der Waals surface area contributed by atoms with E-state index in [2.05, 4.69) is 26.3 Å². The summed E-state index contributed by atoms with van der Waals surface area (Å²) in [5, 5.41) is 8.82. The lowest BCUT2D eigenvalue weighted by Gasteiger charge is -2.24. The molecule has 3 aromatic carbocycles. The number of ether oxygens (including phenoxy) is 4. The van der Waals surface area contributed by atoms with E-state index in [9.17, 15) is 9.59 Å². The predicted octanol–water partition coefficient (Wildman–Crippen LogP) is 9.71. The average molecular weight is 686 g/mol. The van der Waals surface area contributed by atoms with Crippen molar-refractivity contribution >= 4 is 30.1 Å². The van der Waals surface area contributed by atoms with Crippen molar-refractivity contribution in [1.29, 1.82) is 0 Å². The van der Waals surface area contributed by atoms with Gasteiger partial charge in [0.15, 0.2) is 12.5 Å². The maximum atomic E-state index is 11.5. The van der Waals surface area contributed by atoms with Crippen LogP contribution in [-0.2, 0) is 19.1 Å². The first-order valence-corrected chi connectivity index (χ1v) is 16.6. The molecule has 0 radical (unpaired) electrons. The van der Waals surface area contributed by atoms with E-state index in [4.69, 9.17) is 24.1 Å². The molecule has 50 heavy (non-hydrogen) atoms. The highest BCUT2D eigenvalue weighted by atomic mass is 16.7. The number of hydrogen-bond donors (Lipinski definition) is 1. The maximum absolute atomic E-state index is 11.5. The van der Waals surface area contributed by atoms with Crippen LogP contribution in [0.15, 0.2) is 105 Å². The van der Waals surface area contributed by atoms with Crippen molar-refractivity contribution < 1.29 is 33.6 Å². The Bertz CT molecular complexity index is 1490. The quantitative estimate of drug-likeness (QED) is 0.122. The van der Waals surface area contributed by atoms with Gasteiger partial charge in [0.05, 0.1) is 0 Å². The van der Waals surface area contributed by atoms with Crippen molar-refractivity contribution in [2.24, 2.45) is 0 Å². The van der Waals surface area contributed by atoms with Crippen LogP contribution < -0.4 is 9.47 Å². The van der Waals surface area contributed by atoms with Crippen molar-refractivity contribution in [3.63, 3.8) is 0 Å². The first-order valence-electron chi connectivity index (χ1n) is 16.6. The maximum Gasteiger partial charge on any atom is 0.333 e. The normalized spacial score (nSPS) is 12.9. The second-order valence-electron chi connectivity index (χ2n) is 12.2. The molecule has 4 rings (SSSR count). The van der Waals surface area contributed by atoms with Crippen LogP contribution in [0, 0.1) is 0 Å². The molecular formula is C42H55NO7. The highest BCUT2D eigenvalue weighted by Crippen LogP contribution is 2.19. The fourth-order valence-electron chi connectivity index (χ4n) is 4.12. The summed E-state index contributed by atoms with van der Waals surface area (Å²) >= 11 is 0. The monoisotopic (exact) mass is 685 g/mol. The molecule has 270 valence electrons. The number of amides is 1. The SMILES string of the molecule is C=C(C)C(=O)OC(C)(C)C.C=Cc1ccc(O)cc1.C=Cc1ccc(OC(C)N2CCCC2=O)cc1.C=Cc1ccc(OC(C)OCC)cc1. The average Bonchev–Trinajstić information content (AvgIpc) is 3.52. The summed E-state index contributed by atoms with van der Waals surface area (Å²) in [5.41, 5.74) is 3.20. The minimum absolute atomic E-state index is 0.181. The van der Waals surface area contributed by atoms with E-state index >= 15 is 0 Å². The number of carbonyl (C=O) groups excluding carboxylic acids is 2. The fraction of sp³-hybridized carbons (Fsp3) is 0.333. The van der Waals surface area contributed by atoms with E-state index in [1.54, 1.807) is 42.2 Å². The number of benzene rings is 3. The summed E-state index contributed by atoms with van der Waals surface area (Å²) in [4.78, 5) is 24.2. The van der Waals surface area contributed by atoms with Gasteiger partial charge in [0.2, 0.25) is 5.91 Å². The number of nitrogens with zero attached hydrogens (tertiary/aromatic N) is 1. The summed E-state index contributed by atoms with van der Waals surface area (Å²) in [6.07, 6.45) is 6.51. The van der Waals surface area contributed by atoms with Gasteiger partial charge in [-0.1, -0.05) is 80.9 Å². The van der Waals surface area contributed by atoms with Crippen LogP contribution in [0.3, 0.4) is 0 Å². The van der Waals surface area contributed by atoms with Crippen LogP contribution in [0.5, 0.6) is 17.2 Å². The summed E-state index contributed by atoms with van der Waals surface area (Å²) in [5.74, 6) is 1.74. The Morgan fingerprint density at radius 1 is 0.840 bits per heavy atom. The Labute approximate surface area is 299 Å². The Morgan fingerprint density at radius 2 is 1.28 bits per heavy atom. The van der Waals surface area contributed by atoms with E-state index in [0.717, 1.165) is 41.2 Å². The third kappa shape index (κ3) is 17.9. The number of carbonyl (C=O) groups is 2. The lowest BCUT2D eigenvalue weighted by atomic mass is 10.2. The molecular weight excluding hydrogens is 630 g/mol. The fourth-order valence-corrected chi connectivity index (χ4v) is 4.12. The molecule has 0 aromatic heterocycles. The first-order chi connectivity index (χ1) is 23.6. The largest absolute Gasteiger partial charge is 0.508 e. The molecule has 1 N–H and O–H groups in total. The zero-order chi connectivity index (χ0) is 37.7. The van der Waals surface area contributed by atoms with Gasteiger partial charge in [-0.15, -0.1) is 0 Å². The van der Waals surface area contributed by atoms with Crippen LogP contribution in [0.25, 0.3) is 18.2 Å². The molecule has 1 heterocycles. The molecule has 1 saturated heterocycles. The molecule has 3 aromatic rings. The summed E-state index contributed by atoms with van der Waals surface area (Å²) in [6, 6.07) is 22.3. The summed E-state index contributed by atoms with van der Waals surface area (Å²) in [7, 11) is 0. The van der Waals surface area contributed by atoms with E-state index in [1.165, 1.54) is 0 Å². The highest BCUT2D eigenvalue weighted by molar-refractivity contribution is 5.87. The molecule has 0 aliphatic carbocycles. The Balaban J connectivity index is 0.000000345. The topological polar surface area (TPSA) is 94.5 Å². The van der Waals surface area contributed by atoms with Gasteiger partial charge in [0.25, 0.3) is 0 Å². The van der Waals surface area contributed by atoms with Crippen LogP contribution in [-0.4, -0.2) is 53.2 Å². The van der Waals surface area contributed by atoms with E-state index in [0.29, 0.717) is 24.4 Å². The molecule has 0 bridgehead atoms. The number of rotatable bonds is 11. The third-order valence-corrected chi connectivity index (χ3v) is 6.67. The smallest absolute Gasteiger partial charge is 0.333 e. The molecule has 1 fully saturated rings. The van der Waals surface area contributed by atoms with Gasteiger partial charge in [-0.3, -0.25) is 4.79 Å². The number of aromatic hydroxyl groups is 1. The van der Waals surface area contributed by atoms with Crippen LogP contribution in [0.1, 0.15) is 78.0 Å². The molecule has 1 aliphatic heterocycles. The Kier molecular flexibility index (Phi) is 19.4. The van der Waals surface area contributed by atoms with E-state index in [-0.39, 0.29) is 24.4 Å². The van der Waals surface area contributed by atoms with Gasteiger partial charge in [0.1, 0.15) is 22.8 Å². The highest BCUT2D eigenvalue weighted by Gasteiger charge is 2.26. The second kappa shape index (κ2) is 22.5. The molecule has 2 unspecified atom stereocenters. The van der Waals surface area contributed by atoms with Crippen LogP contribution in [0.2, 0.25) is 0 Å². The third-order valence-electron chi connectivity index (χ3n) is 6.67. The second-order valence-corrected chi connectivity index (χ2v) is 12.2. The Hall–Kier alpha value is -5.08. The van der Waals surface area contributed by atoms with Crippen LogP contribution >= 0.6 is 0 Å². The molecule has 8 nitrogen and oxygen atoms in total. The molecule has 1 aliphatic rings. The van der Waals surface area contributed by atoms with Gasteiger partial charge < -0.3 is 29.0 Å². The van der Waals surface area contributed by atoms with Gasteiger partial charge >= 0.3 is 5.97 Å². The molecule has 0 spiro atoms. The minimum atomic E-state index is -0.407. The zero-order valence-corrected chi connectivity index (χ0v) is 30.8. The standard InChI is InChI=1S/C14H17NO2.C12H16O2.C8H14O2.C8H8O/c1-3-12-6-8-13(9-7-12)17-11(2)15-10-4-5-14(15)16;1-4-11-6-8-12(9-7-11)14-10(3)13-5-2;1-6(2)7(9)10-8(3,4)5;1-2-7-3-5-8(9)6-4-7/h3,6-9,11H,1,4-5,10H2,2H3;4,6-10H,1,5H2,2-3H3;1H2,2-5H3;2-6,9H,1H2. The first kappa shape index (κ1) is 42.9. The van der Waals surface area contributed by atoms with Gasteiger partial charge in [-0.05, 0) is 108 Å². The zero-order valence-electron chi connectivity index (χ0n) is 30.8. The molecule has 2 atom stereocenters. The van der Waals surface area contributed by atoms with Crippen molar-refractivity contribution in [3.8, 4) is 17.2 Å². The van der Waals surface area contributed by atoms with E-state index in [1.807, 2.05) is 102 Å². The van der Waals surface area contributed by atoms with Gasteiger partial charge in [-0.2, -0.15) is 0 Å². The molecule has 8 heteroatoms. The molecule has 1 amide bonds. The number of likely N-dealkylation sites (tertiary alicyclic amines) is 1. The van der Waals surface area contributed by atoms with E-state index < -0.39 is 5.60 Å². The summed E-state index contributed by atoms with van der Waals surface area (Å²) < 4.78 is 21.5. The minimum Gasteiger partial charge on any atom is -0.508 e. The lowest BCUT2D eigenvalue weighted by molar-refractivity contribution is -0.149. The molecule has 0 saturated carbocycles. The van der Waals surface area contributed by atoms with Crippen molar-refractivity contribution in [1.82, 2.24) is 4.90 Å². The van der Waals surface area contributed by atoms with Crippen molar-refractivity contribution in [2.45, 2.75) is 79.4 Å². The van der Waals surface area contributed by atoms with Crippen molar-refractivity contribution in [3.05, 3.63) is 121 Å². The van der Waals surface area contributed by atoms with Gasteiger partial charge in [-0.25, -0.2) is 4.79 Å². The number of phenols is 1. The number of hydrogen-bond acceptors (Lipinski definition) is 7. The van der Waals surface area contributed by atoms with Gasteiger partial charge in [0, 0.05) is 25.1 Å².